The summed E-state index contributed by atoms with van der Waals surface area (Å²) >= 11 is 0. The minimum atomic E-state index is -0.445. The second-order valence-corrected chi connectivity index (χ2v) is 8.40. The Morgan fingerprint density at radius 1 is 1.18 bits per heavy atom. The highest BCUT2D eigenvalue weighted by molar-refractivity contribution is 5.69. The van der Waals surface area contributed by atoms with Crippen LogP contribution in [-0.2, 0) is 0 Å². The van der Waals surface area contributed by atoms with E-state index in [-0.39, 0.29) is 15.9 Å². The molecule has 0 aliphatic heterocycles. The van der Waals surface area contributed by atoms with Crippen molar-refractivity contribution in [2.45, 2.75) is 52.6 Å². The van der Waals surface area contributed by atoms with Crippen molar-refractivity contribution in [3.63, 3.8) is 0 Å². The number of aryl methyl sites for hydroxylation is 1. The summed E-state index contributed by atoms with van der Waals surface area (Å²) in [6, 6.07) is 9.65. The van der Waals surface area contributed by atoms with Gasteiger partial charge in [0.25, 0.3) is 5.56 Å². The minimum absolute atomic E-state index is 0. The number of hydrogen-bond acceptors (Lipinski definition) is 6. The molecule has 0 radical (unpaired) electrons. The van der Waals surface area contributed by atoms with Gasteiger partial charge >= 0.3 is 0 Å². The maximum atomic E-state index is 15.0. The number of aromatic nitrogens is 4. The van der Waals surface area contributed by atoms with E-state index >= 15 is 0 Å². The Hall–Kier alpha value is -3.65. The Kier molecular flexibility index (Phi) is 6.70. The lowest BCUT2D eigenvalue weighted by molar-refractivity contribution is 0.432. The molecule has 0 aliphatic carbocycles. The van der Waals surface area contributed by atoms with Crippen LogP contribution in [0.1, 0.15) is 61.2 Å². The fourth-order valence-corrected chi connectivity index (χ4v) is 4.06. The first-order chi connectivity index (χ1) is 16.3. The molecule has 7 nitrogen and oxygen atoms in total. The third-order valence-electron chi connectivity index (χ3n) is 6.06. The van der Waals surface area contributed by atoms with Gasteiger partial charge in [0.2, 0.25) is 0 Å². The van der Waals surface area contributed by atoms with E-state index < -0.39 is 11.9 Å². The molecule has 0 fully saturated rings. The summed E-state index contributed by atoms with van der Waals surface area (Å²) in [4.78, 5) is 21.6. The van der Waals surface area contributed by atoms with Gasteiger partial charge in [0.05, 0.1) is 17.6 Å². The fraction of sp³-hybridized carbons (Fsp3) is 0.308. The highest BCUT2D eigenvalue weighted by Crippen LogP contribution is 2.31. The third kappa shape index (κ3) is 4.41. The van der Waals surface area contributed by atoms with E-state index in [1.54, 1.807) is 54.1 Å². The zero-order valence-electron chi connectivity index (χ0n) is 19.7. The van der Waals surface area contributed by atoms with Gasteiger partial charge in [0.15, 0.2) is 5.76 Å². The number of nitrogens with two attached hydrogens (primary N) is 1. The topological polar surface area (TPSA) is 99.8 Å². The second-order valence-electron chi connectivity index (χ2n) is 8.40. The number of benzene rings is 1. The molecule has 1 aromatic carbocycles. The zero-order valence-corrected chi connectivity index (χ0v) is 19.7. The van der Waals surface area contributed by atoms with Crippen LogP contribution in [0.15, 0.2) is 58.1 Å². The number of rotatable bonds is 7. The third-order valence-corrected chi connectivity index (χ3v) is 6.06. The van der Waals surface area contributed by atoms with Crippen LogP contribution in [0.25, 0.3) is 34.0 Å². The van der Waals surface area contributed by atoms with E-state index in [9.17, 15) is 9.18 Å². The van der Waals surface area contributed by atoms with Gasteiger partial charge in [0.1, 0.15) is 17.2 Å². The molecule has 0 spiro atoms. The average Bonchev–Trinajstić information content (AvgIpc) is 3.31. The van der Waals surface area contributed by atoms with E-state index in [1.807, 2.05) is 13.1 Å². The van der Waals surface area contributed by atoms with Crippen LogP contribution in [-0.4, -0.2) is 19.7 Å². The molecule has 3 heterocycles. The summed E-state index contributed by atoms with van der Waals surface area (Å²) in [5.74, 6) is -0.0432. The van der Waals surface area contributed by atoms with Gasteiger partial charge in [-0.2, -0.15) is 0 Å². The summed E-state index contributed by atoms with van der Waals surface area (Å²) in [5.41, 5.74) is 9.42. The molecule has 0 amide bonds. The fourth-order valence-electron chi connectivity index (χ4n) is 4.06. The molecule has 34 heavy (non-hydrogen) atoms. The number of hydrogen-bond donors (Lipinski definition) is 1. The second kappa shape index (κ2) is 9.69. The first kappa shape index (κ1) is 23.5. The van der Waals surface area contributed by atoms with Crippen molar-refractivity contribution in [1.29, 1.82) is 0 Å². The number of halogens is 1. The molecule has 0 bridgehead atoms. The van der Waals surface area contributed by atoms with Crippen LogP contribution in [0, 0.1) is 12.7 Å². The molecule has 3 aromatic heterocycles. The van der Waals surface area contributed by atoms with Crippen LogP contribution in [0.4, 0.5) is 4.39 Å². The maximum Gasteiger partial charge on any atom is 0.250 e. The molecular weight excluding hydrogens is 433 g/mol. The zero-order chi connectivity index (χ0) is 24.4. The molecule has 1 atom stereocenters. The van der Waals surface area contributed by atoms with E-state index in [0.717, 1.165) is 18.4 Å². The average molecular weight is 468 g/mol. The van der Waals surface area contributed by atoms with Gasteiger partial charge in [-0.05, 0) is 38.8 Å². The van der Waals surface area contributed by atoms with Crippen molar-refractivity contribution < 1.29 is 13.2 Å². The van der Waals surface area contributed by atoms with E-state index in [1.165, 1.54) is 0 Å². The highest BCUT2D eigenvalue weighted by Gasteiger charge is 2.19. The van der Waals surface area contributed by atoms with Crippen molar-refractivity contribution in [1.82, 2.24) is 19.7 Å². The Balaban J connectivity index is 0.00000228. The van der Waals surface area contributed by atoms with Gasteiger partial charge in [-0.1, -0.05) is 31.1 Å². The van der Waals surface area contributed by atoms with Crippen molar-refractivity contribution >= 4 is 0 Å². The smallest absolute Gasteiger partial charge is 0.250 e. The Morgan fingerprint density at radius 2 is 1.94 bits per heavy atom. The standard InChI is InChI=1S/C26H28FN5O2.3H2/c1-5-18(6-2)32-14-17(10-11-24(32)33)22-13-29-16(4)26(30-22)23-12-21(31-34-23)20-9-7-8-19(15(3)28)25(20)27;;;/h7-15,18H,5-6,28H2,1-4H3;3*1H. The van der Waals surface area contributed by atoms with E-state index in [2.05, 4.69) is 24.0 Å². The summed E-state index contributed by atoms with van der Waals surface area (Å²) in [7, 11) is 0. The monoisotopic (exact) mass is 467 g/mol. The van der Waals surface area contributed by atoms with Crippen molar-refractivity contribution in [2.24, 2.45) is 5.73 Å². The van der Waals surface area contributed by atoms with Gasteiger partial charge in [-0.25, -0.2) is 9.37 Å². The summed E-state index contributed by atoms with van der Waals surface area (Å²) in [5, 5.41) is 4.07. The quantitative estimate of drug-likeness (QED) is 0.348. The van der Waals surface area contributed by atoms with Crippen LogP contribution in [0.3, 0.4) is 0 Å². The SMILES string of the molecule is CCC(CC)n1cc(-c2cnc(C)c(-c3cc(-c4cccc(C(C)N)c4F)no3)n2)ccc1=O.[HH].[HH].[HH]. The van der Waals surface area contributed by atoms with Crippen LogP contribution in [0.5, 0.6) is 0 Å². The first-order valence-corrected chi connectivity index (χ1v) is 11.4. The highest BCUT2D eigenvalue weighted by atomic mass is 19.1. The lowest BCUT2D eigenvalue weighted by Crippen LogP contribution is -2.23. The molecule has 2 N–H and O–H groups in total. The predicted octanol–water partition coefficient (Wildman–Crippen LogP) is 6.19. The van der Waals surface area contributed by atoms with Crippen molar-refractivity contribution in [3.8, 4) is 34.0 Å². The lowest BCUT2D eigenvalue weighted by atomic mass is 10.0. The van der Waals surface area contributed by atoms with E-state index in [4.69, 9.17) is 15.2 Å². The van der Waals surface area contributed by atoms with Gasteiger partial charge in [-0.15, -0.1) is 0 Å². The Bertz CT molecular complexity index is 1390. The molecule has 182 valence electrons. The molecule has 8 heteroatoms. The number of nitrogens with zero attached hydrogens (tertiary/aromatic N) is 4. The Labute approximate surface area is 201 Å². The Morgan fingerprint density at radius 3 is 2.65 bits per heavy atom. The molecule has 1 unspecified atom stereocenters. The van der Waals surface area contributed by atoms with Crippen molar-refractivity contribution in [3.05, 3.63) is 76.2 Å². The molecule has 0 saturated heterocycles. The molecule has 0 saturated carbocycles. The van der Waals surface area contributed by atoms with Gasteiger partial charge in [-0.3, -0.25) is 9.78 Å². The van der Waals surface area contributed by atoms with Gasteiger partial charge < -0.3 is 14.8 Å². The normalized spacial score (nSPS) is 12.3. The predicted molar refractivity (Wildman–Crippen MR) is 136 cm³/mol. The van der Waals surface area contributed by atoms with Crippen LogP contribution >= 0.6 is 0 Å². The summed E-state index contributed by atoms with van der Waals surface area (Å²) in [6.45, 7) is 7.67. The molecule has 4 rings (SSSR count). The number of pyridine rings is 1. The van der Waals surface area contributed by atoms with E-state index in [0.29, 0.717) is 39.7 Å². The van der Waals surface area contributed by atoms with Crippen LogP contribution in [0.2, 0.25) is 0 Å². The first-order valence-electron chi connectivity index (χ1n) is 11.4. The van der Waals surface area contributed by atoms with Crippen LogP contribution < -0.4 is 11.3 Å². The molecule has 0 aliphatic rings. The summed E-state index contributed by atoms with van der Waals surface area (Å²) in [6.07, 6.45) is 5.20. The maximum absolute atomic E-state index is 15.0. The molecule has 4 aromatic rings. The van der Waals surface area contributed by atoms with Crippen molar-refractivity contribution in [2.75, 3.05) is 0 Å². The van der Waals surface area contributed by atoms with Gasteiger partial charge in [0, 0.05) is 51.4 Å². The largest absolute Gasteiger partial charge is 0.354 e. The minimum Gasteiger partial charge on any atom is -0.354 e. The lowest BCUT2D eigenvalue weighted by Gasteiger charge is -2.17. The summed E-state index contributed by atoms with van der Waals surface area (Å²) < 4.78 is 22.3. The molecular formula is C26H34FN5O2.